The lowest BCUT2D eigenvalue weighted by atomic mass is 9.69. The summed E-state index contributed by atoms with van der Waals surface area (Å²) in [6.07, 6.45) is 1.33. The highest BCUT2D eigenvalue weighted by molar-refractivity contribution is 6.60. The molecule has 1 fully saturated rings. The van der Waals surface area contributed by atoms with Gasteiger partial charge in [-0.1, -0.05) is 58.6 Å². The van der Waals surface area contributed by atoms with Crippen LogP contribution < -0.4 is 0 Å². The summed E-state index contributed by atoms with van der Waals surface area (Å²) in [4.78, 5) is 0. The smallest absolute Gasteiger partial charge is 0.0667 e. The van der Waals surface area contributed by atoms with Gasteiger partial charge >= 0.3 is 0 Å². The summed E-state index contributed by atoms with van der Waals surface area (Å²) in [6, 6.07) is 0. The van der Waals surface area contributed by atoms with Gasteiger partial charge in [0.25, 0.3) is 0 Å². The maximum Gasteiger partial charge on any atom is 0.134 e. The van der Waals surface area contributed by atoms with Crippen LogP contribution in [0, 0.1) is 5.41 Å². The van der Waals surface area contributed by atoms with Crippen LogP contribution in [0.5, 0.6) is 0 Å². The van der Waals surface area contributed by atoms with Crippen LogP contribution in [0.3, 0.4) is 0 Å². The van der Waals surface area contributed by atoms with Gasteiger partial charge in [0.2, 0.25) is 0 Å². The second-order valence-corrected chi connectivity index (χ2v) is 5.67. The molecule has 0 saturated carbocycles. The van der Waals surface area contributed by atoms with Gasteiger partial charge in [-0.05, 0) is 5.41 Å². The summed E-state index contributed by atoms with van der Waals surface area (Å²) in [7, 11) is 1.42. The van der Waals surface area contributed by atoms with Gasteiger partial charge in [-0.2, -0.15) is 0 Å². The molecular formula is C10H21B. The zero-order valence-corrected chi connectivity index (χ0v) is 8.91. The molecule has 64 valence electrons. The van der Waals surface area contributed by atoms with Crippen LogP contribution in [0.4, 0.5) is 0 Å². The monoisotopic (exact) mass is 152 g/mol. The second-order valence-electron chi connectivity index (χ2n) is 5.67. The maximum atomic E-state index is 2.44. The lowest BCUT2D eigenvalue weighted by molar-refractivity contribution is 0.278. The van der Waals surface area contributed by atoms with Crippen molar-refractivity contribution in [1.29, 1.82) is 0 Å². The Morgan fingerprint density at radius 1 is 1.18 bits per heavy atom. The largest absolute Gasteiger partial charge is 0.134 e. The van der Waals surface area contributed by atoms with Crippen molar-refractivity contribution in [2.24, 2.45) is 5.41 Å². The Balaban J connectivity index is 2.77. The molecule has 11 heavy (non-hydrogen) atoms. The Labute approximate surface area is 72.0 Å². The molecule has 1 heteroatoms. The number of rotatable bonds is 1. The van der Waals surface area contributed by atoms with Crippen molar-refractivity contribution in [3.05, 3.63) is 0 Å². The van der Waals surface area contributed by atoms with Crippen molar-refractivity contribution < 1.29 is 0 Å². The molecule has 1 aliphatic heterocycles. The van der Waals surface area contributed by atoms with Crippen LogP contribution >= 0.6 is 0 Å². The lowest BCUT2D eigenvalue weighted by Crippen LogP contribution is -2.16. The highest BCUT2D eigenvalue weighted by Gasteiger charge is 2.65. The number of hydrogen-bond acceptors (Lipinski definition) is 0. The van der Waals surface area contributed by atoms with Crippen molar-refractivity contribution in [2.75, 3.05) is 0 Å². The van der Waals surface area contributed by atoms with Crippen LogP contribution in [-0.4, -0.2) is 7.28 Å². The van der Waals surface area contributed by atoms with Crippen molar-refractivity contribution in [3.8, 4) is 0 Å². The van der Waals surface area contributed by atoms with Crippen LogP contribution in [-0.2, 0) is 0 Å². The van der Waals surface area contributed by atoms with Crippen molar-refractivity contribution in [3.63, 3.8) is 0 Å². The quantitative estimate of drug-likeness (QED) is 0.506. The van der Waals surface area contributed by atoms with Crippen molar-refractivity contribution in [1.82, 2.24) is 0 Å². The molecule has 0 aromatic heterocycles. The molecule has 2 unspecified atom stereocenters. The molecule has 0 aromatic carbocycles. The Bertz CT molecular complexity index is 168. The van der Waals surface area contributed by atoms with Gasteiger partial charge in [0.05, 0.1) is 0 Å². The molecule has 0 amide bonds. The maximum absolute atomic E-state index is 2.44. The fourth-order valence-corrected chi connectivity index (χ4v) is 2.42. The Morgan fingerprint density at radius 3 is 1.73 bits per heavy atom. The van der Waals surface area contributed by atoms with Gasteiger partial charge in [-0.3, -0.25) is 0 Å². The lowest BCUT2D eigenvalue weighted by Gasteiger charge is -2.33. The average Bonchev–Trinajstić information content (AvgIpc) is 2.38. The topological polar surface area (TPSA) is 0 Å². The van der Waals surface area contributed by atoms with E-state index >= 15 is 0 Å². The predicted octanol–water partition coefficient (Wildman–Crippen LogP) is 3.25. The van der Waals surface area contributed by atoms with E-state index in [-0.39, 0.29) is 0 Å². The molecule has 1 saturated heterocycles. The molecule has 0 aromatic rings. The fraction of sp³-hybridized carbons (Fsp3) is 1.00. The van der Waals surface area contributed by atoms with Crippen LogP contribution in [0.15, 0.2) is 0 Å². The van der Waals surface area contributed by atoms with E-state index in [1.54, 1.807) is 0 Å². The predicted molar refractivity (Wildman–Crippen MR) is 53.6 cm³/mol. The third kappa shape index (κ3) is 1.04. The first-order valence-corrected chi connectivity index (χ1v) is 4.77. The van der Waals surface area contributed by atoms with E-state index in [4.69, 9.17) is 0 Å². The van der Waals surface area contributed by atoms with Gasteiger partial charge in [-0.15, -0.1) is 0 Å². The normalized spacial score (nSPS) is 43.5. The van der Waals surface area contributed by atoms with Gasteiger partial charge in [0, 0.05) is 0 Å². The van der Waals surface area contributed by atoms with E-state index in [9.17, 15) is 0 Å². The molecule has 0 nitrogen and oxygen atoms in total. The molecule has 1 aliphatic rings. The van der Waals surface area contributed by atoms with Gasteiger partial charge in [-0.25, -0.2) is 0 Å². The summed E-state index contributed by atoms with van der Waals surface area (Å²) >= 11 is 0. The van der Waals surface area contributed by atoms with E-state index in [1.807, 2.05) is 0 Å². The van der Waals surface area contributed by atoms with Crippen molar-refractivity contribution >= 4 is 7.28 Å². The van der Waals surface area contributed by atoms with E-state index in [0.29, 0.717) is 16.0 Å². The first-order chi connectivity index (χ1) is 4.77. The Hall–Kier alpha value is 0.0649. The summed E-state index contributed by atoms with van der Waals surface area (Å²) in [5, 5.41) is 1.22. The molecule has 0 radical (unpaired) electrons. The molecular weight excluding hydrogens is 131 g/mol. The van der Waals surface area contributed by atoms with Gasteiger partial charge in [0.15, 0.2) is 0 Å². The van der Waals surface area contributed by atoms with E-state index < -0.39 is 0 Å². The number of hydrogen-bond donors (Lipinski definition) is 0. The summed E-state index contributed by atoms with van der Waals surface area (Å²) in [5.74, 6) is 0. The fourth-order valence-electron chi connectivity index (χ4n) is 2.42. The standard InChI is InChI=1S/C10H21B/c1-7-9(5)10(6,11-9)8(2,3)4/h11H,7H2,1-6H3. The third-order valence-corrected chi connectivity index (χ3v) is 4.39. The Morgan fingerprint density at radius 2 is 1.64 bits per heavy atom. The zero-order valence-electron chi connectivity index (χ0n) is 8.91. The second kappa shape index (κ2) is 2.05. The minimum atomic E-state index is 0.484. The summed E-state index contributed by atoms with van der Waals surface area (Å²) < 4.78 is 0. The molecule has 0 N–H and O–H groups in total. The first kappa shape index (κ1) is 9.16. The molecule has 1 rings (SSSR count). The van der Waals surface area contributed by atoms with Crippen LogP contribution in [0.1, 0.15) is 48.0 Å². The summed E-state index contributed by atoms with van der Waals surface area (Å²) in [6.45, 7) is 14.3. The summed E-state index contributed by atoms with van der Waals surface area (Å²) in [5.41, 5.74) is 0.484. The van der Waals surface area contributed by atoms with E-state index in [2.05, 4.69) is 41.5 Å². The van der Waals surface area contributed by atoms with Gasteiger partial charge in [0.1, 0.15) is 7.28 Å². The third-order valence-electron chi connectivity index (χ3n) is 4.39. The van der Waals surface area contributed by atoms with Gasteiger partial charge < -0.3 is 0 Å². The van der Waals surface area contributed by atoms with E-state index in [0.717, 1.165) is 0 Å². The Kier molecular flexibility index (Phi) is 1.71. The van der Waals surface area contributed by atoms with Crippen LogP contribution in [0.25, 0.3) is 0 Å². The molecule has 1 heterocycles. The highest BCUT2D eigenvalue weighted by atomic mass is 14.6. The van der Waals surface area contributed by atoms with Crippen LogP contribution in [0.2, 0.25) is 10.6 Å². The highest BCUT2D eigenvalue weighted by Crippen LogP contribution is 2.77. The van der Waals surface area contributed by atoms with E-state index in [1.165, 1.54) is 13.7 Å². The molecule has 0 aliphatic carbocycles. The molecule has 0 spiro atoms. The minimum Gasteiger partial charge on any atom is -0.0667 e. The van der Waals surface area contributed by atoms with Crippen molar-refractivity contribution in [2.45, 2.75) is 58.6 Å². The molecule has 2 atom stereocenters. The SMILES string of the molecule is CCC1(C)BC1(C)C(C)(C)C. The minimum absolute atomic E-state index is 0.484. The average molecular weight is 152 g/mol. The zero-order chi connectivity index (χ0) is 8.91. The molecule has 0 bridgehead atoms. The first-order valence-electron chi connectivity index (χ1n) is 4.77.